The molecule has 0 radical (unpaired) electrons. The molecule has 112 valence electrons. The summed E-state index contributed by atoms with van der Waals surface area (Å²) in [7, 11) is 3.41. The van der Waals surface area contributed by atoms with Crippen LogP contribution in [0.2, 0.25) is 0 Å². The van der Waals surface area contributed by atoms with E-state index in [2.05, 4.69) is 49.4 Å². The molecule has 0 fully saturated rings. The van der Waals surface area contributed by atoms with E-state index in [0.29, 0.717) is 0 Å². The number of hydrogen-bond donors (Lipinski definition) is 0. The summed E-state index contributed by atoms with van der Waals surface area (Å²) in [5.74, 6) is 1.84. The van der Waals surface area contributed by atoms with Gasteiger partial charge in [-0.05, 0) is 64.2 Å². The van der Waals surface area contributed by atoms with Crippen molar-refractivity contribution in [3.8, 4) is 22.6 Å². The van der Waals surface area contributed by atoms with Crippen LogP contribution in [0.3, 0.4) is 0 Å². The molecule has 0 amide bonds. The van der Waals surface area contributed by atoms with E-state index in [1.165, 1.54) is 27.5 Å². The number of aryl methyl sites for hydroxylation is 1. The van der Waals surface area contributed by atoms with Gasteiger partial charge in [-0.3, -0.25) is 0 Å². The van der Waals surface area contributed by atoms with E-state index in [9.17, 15) is 0 Å². The summed E-state index contributed by atoms with van der Waals surface area (Å²) in [6, 6.07) is 19.0. The Hall–Kier alpha value is -2.48. The molecule has 3 aromatic rings. The zero-order valence-corrected chi connectivity index (χ0v) is 13.2. The molecule has 0 saturated carbocycles. The number of rotatable bonds is 4. The molecule has 0 heterocycles. The molecule has 0 aliphatic carbocycles. The highest BCUT2D eigenvalue weighted by Gasteiger charge is 2.06. The second kappa shape index (κ2) is 6.10. The van der Waals surface area contributed by atoms with Gasteiger partial charge in [-0.15, -0.1) is 0 Å². The quantitative estimate of drug-likeness (QED) is 0.667. The largest absolute Gasteiger partial charge is 0.497 e. The van der Waals surface area contributed by atoms with Crippen LogP contribution < -0.4 is 9.47 Å². The van der Waals surface area contributed by atoms with Crippen molar-refractivity contribution in [3.63, 3.8) is 0 Å². The Morgan fingerprint density at radius 2 is 1.41 bits per heavy atom. The monoisotopic (exact) mass is 292 g/mol. The lowest BCUT2D eigenvalue weighted by atomic mass is 9.98. The zero-order chi connectivity index (χ0) is 15.5. The SMILES string of the molecule is CCc1cc(-c2ccc3cc(OC)ccc3c2)ccc1OC. The first kappa shape index (κ1) is 14.5. The molecule has 22 heavy (non-hydrogen) atoms. The third-order valence-corrected chi connectivity index (χ3v) is 4.04. The van der Waals surface area contributed by atoms with Crippen molar-refractivity contribution in [2.24, 2.45) is 0 Å². The second-order valence-corrected chi connectivity index (χ2v) is 5.31. The number of ether oxygens (including phenoxy) is 2. The first-order valence-electron chi connectivity index (χ1n) is 7.50. The van der Waals surface area contributed by atoms with Crippen LogP contribution in [0.5, 0.6) is 11.5 Å². The molecule has 2 heteroatoms. The predicted molar refractivity (Wildman–Crippen MR) is 91.9 cm³/mol. The first-order valence-corrected chi connectivity index (χ1v) is 7.50. The maximum absolute atomic E-state index is 5.41. The Morgan fingerprint density at radius 3 is 2.14 bits per heavy atom. The molecule has 0 spiro atoms. The summed E-state index contributed by atoms with van der Waals surface area (Å²) in [5.41, 5.74) is 3.67. The number of hydrogen-bond acceptors (Lipinski definition) is 2. The van der Waals surface area contributed by atoms with Crippen LogP contribution in [0, 0.1) is 0 Å². The fourth-order valence-electron chi connectivity index (χ4n) is 2.76. The van der Waals surface area contributed by atoms with Crippen LogP contribution in [0.15, 0.2) is 54.6 Å². The lowest BCUT2D eigenvalue weighted by Gasteiger charge is -2.10. The maximum atomic E-state index is 5.41. The van der Waals surface area contributed by atoms with E-state index in [1.807, 2.05) is 12.1 Å². The standard InChI is InChI=1S/C20H20O2/c1-4-14-11-17(8-10-20(14)22-3)15-5-6-18-13-19(21-2)9-7-16(18)12-15/h5-13H,4H2,1-3H3. The molecule has 0 unspecified atom stereocenters. The summed E-state index contributed by atoms with van der Waals surface area (Å²) >= 11 is 0. The van der Waals surface area contributed by atoms with Crippen LogP contribution in [-0.2, 0) is 6.42 Å². The Kier molecular flexibility index (Phi) is 4.01. The van der Waals surface area contributed by atoms with Gasteiger partial charge in [0.05, 0.1) is 14.2 Å². The number of benzene rings is 3. The third kappa shape index (κ3) is 2.64. The average molecular weight is 292 g/mol. The average Bonchev–Trinajstić information content (AvgIpc) is 2.60. The molecule has 0 aromatic heterocycles. The smallest absolute Gasteiger partial charge is 0.122 e. The van der Waals surface area contributed by atoms with Gasteiger partial charge in [-0.25, -0.2) is 0 Å². The molecule has 0 saturated heterocycles. The highest BCUT2D eigenvalue weighted by molar-refractivity contribution is 5.88. The van der Waals surface area contributed by atoms with Gasteiger partial charge in [0.1, 0.15) is 11.5 Å². The minimum absolute atomic E-state index is 0.887. The molecule has 0 N–H and O–H groups in total. The summed E-state index contributed by atoms with van der Waals surface area (Å²) < 4.78 is 10.7. The highest BCUT2D eigenvalue weighted by atomic mass is 16.5. The molecule has 0 atom stereocenters. The van der Waals surface area contributed by atoms with Crippen LogP contribution >= 0.6 is 0 Å². The van der Waals surface area contributed by atoms with Crippen molar-refractivity contribution in [1.82, 2.24) is 0 Å². The predicted octanol–water partition coefficient (Wildman–Crippen LogP) is 5.09. The second-order valence-electron chi connectivity index (χ2n) is 5.31. The van der Waals surface area contributed by atoms with Crippen LogP contribution in [-0.4, -0.2) is 14.2 Å². The Balaban J connectivity index is 2.06. The van der Waals surface area contributed by atoms with E-state index in [0.717, 1.165) is 17.9 Å². The number of fused-ring (bicyclic) bond motifs is 1. The Bertz CT molecular complexity index is 806. The molecular weight excluding hydrogens is 272 g/mol. The lowest BCUT2D eigenvalue weighted by Crippen LogP contribution is -1.91. The van der Waals surface area contributed by atoms with Crippen molar-refractivity contribution >= 4 is 10.8 Å². The minimum atomic E-state index is 0.887. The van der Waals surface area contributed by atoms with Crippen molar-refractivity contribution in [1.29, 1.82) is 0 Å². The van der Waals surface area contributed by atoms with E-state index < -0.39 is 0 Å². The summed E-state index contributed by atoms with van der Waals surface area (Å²) in [5, 5.41) is 2.40. The molecule has 3 rings (SSSR count). The van der Waals surface area contributed by atoms with Gasteiger partial charge in [-0.2, -0.15) is 0 Å². The molecule has 0 bridgehead atoms. The van der Waals surface area contributed by atoms with E-state index in [4.69, 9.17) is 9.47 Å². The molecule has 2 nitrogen and oxygen atoms in total. The van der Waals surface area contributed by atoms with E-state index >= 15 is 0 Å². The van der Waals surface area contributed by atoms with Crippen molar-refractivity contribution in [3.05, 3.63) is 60.2 Å². The first-order chi connectivity index (χ1) is 10.7. The van der Waals surface area contributed by atoms with Crippen LogP contribution in [0.1, 0.15) is 12.5 Å². The van der Waals surface area contributed by atoms with Gasteiger partial charge < -0.3 is 9.47 Å². The van der Waals surface area contributed by atoms with Gasteiger partial charge in [0.2, 0.25) is 0 Å². The van der Waals surface area contributed by atoms with Crippen molar-refractivity contribution < 1.29 is 9.47 Å². The van der Waals surface area contributed by atoms with Crippen molar-refractivity contribution in [2.75, 3.05) is 14.2 Å². The molecule has 0 aliphatic heterocycles. The van der Waals surface area contributed by atoms with Crippen LogP contribution in [0.4, 0.5) is 0 Å². The summed E-state index contributed by atoms with van der Waals surface area (Å²) in [6.45, 7) is 2.15. The summed E-state index contributed by atoms with van der Waals surface area (Å²) in [4.78, 5) is 0. The Morgan fingerprint density at radius 1 is 0.727 bits per heavy atom. The number of methoxy groups -OCH3 is 2. The van der Waals surface area contributed by atoms with Gasteiger partial charge in [0, 0.05) is 0 Å². The van der Waals surface area contributed by atoms with Gasteiger partial charge in [0.25, 0.3) is 0 Å². The minimum Gasteiger partial charge on any atom is -0.497 e. The van der Waals surface area contributed by atoms with Gasteiger partial charge >= 0.3 is 0 Å². The lowest BCUT2D eigenvalue weighted by molar-refractivity contribution is 0.410. The fourth-order valence-corrected chi connectivity index (χ4v) is 2.76. The maximum Gasteiger partial charge on any atom is 0.122 e. The molecule has 0 aliphatic rings. The topological polar surface area (TPSA) is 18.5 Å². The fraction of sp³-hybridized carbons (Fsp3) is 0.200. The zero-order valence-electron chi connectivity index (χ0n) is 13.2. The summed E-state index contributed by atoms with van der Waals surface area (Å²) in [6.07, 6.45) is 0.960. The molecular formula is C20H20O2. The van der Waals surface area contributed by atoms with E-state index in [1.54, 1.807) is 14.2 Å². The van der Waals surface area contributed by atoms with Crippen molar-refractivity contribution in [2.45, 2.75) is 13.3 Å². The van der Waals surface area contributed by atoms with Gasteiger partial charge in [0.15, 0.2) is 0 Å². The van der Waals surface area contributed by atoms with E-state index in [-0.39, 0.29) is 0 Å². The normalized spacial score (nSPS) is 10.7. The third-order valence-electron chi connectivity index (χ3n) is 4.04. The van der Waals surface area contributed by atoms with Crippen LogP contribution in [0.25, 0.3) is 21.9 Å². The highest BCUT2D eigenvalue weighted by Crippen LogP contribution is 2.30. The molecule has 3 aromatic carbocycles. The van der Waals surface area contributed by atoms with Gasteiger partial charge in [-0.1, -0.05) is 31.2 Å². The Labute approximate surface area is 131 Å².